The van der Waals surface area contributed by atoms with Crippen LogP contribution in [0.4, 0.5) is 37.7 Å². The molecule has 0 saturated heterocycles. The number of fused-ring (bicyclic) bond motifs is 6. The zero-order valence-electron chi connectivity index (χ0n) is 51.9. The minimum absolute atomic E-state index is 0.167. The molecule has 4 heterocycles. The van der Waals surface area contributed by atoms with Crippen molar-refractivity contribution in [3.05, 3.63) is 269 Å². The van der Waals surface area contributed by atoms with Crippen molar-refractivity contribution in [2.45, 2.75) is 118 Å². The van der Waals surface area contributed by atoms with Gasteiger partial charge in [0.25, 0.3) is 11.4 Å². The summed E-state index contributed by atoms with van der Waals surface area (Å²) in [5.74, 6) is -15.7. The number of unbranched alkanes of at least 4 members (excludes halogenated alkanes) is 4. The summed E-state index contributed by atoms with van der Waals surface area (Å²) in [5, 5.41) is 22.9. The Labute approximate surface area is 543 Å². The quantitative estimate of drug-likeness (QED) is 0.0273. The molecule has 0 bridgehead atoms. The number of alkyl halides is 6. The fraction of sp³-hybridized carbons (Fsp3) is 0.315. The molecule has 20 heteroatoms. The molecule has 12 rings (SSSR count). The first-order valence-corrected chi connectivity index (χ1v) is 32.4. The first-order chi connectivity index (χ1) is 44.1. The fourth-order valence-corrected chi connectivity index (χ4v) is 16.9. The molecule has 2 atom stereocenters. The summed E-state index contributed by atoms with van der Waals surface area (Å²) in [5.41, 5.74) is 3.41. The lowest BCUT2D eigenvalue weighted by atomic mass is 9.71. The SMILES string of the molecule is CC1(C)/C(=C/C=C2/C=C([N+](=O)[O-])C=CC2=O)N(CCCCCOc2ccc(C3=CC4=C5C(=C6C=C(c7ccc(OCCCCCN8/C(=C\C=C9\C=C([N+](=O)[O-])C=CC9=O)C(C)(C)c9ccccc98)cc7)S[C@]6(C)[C@@]4(C)S3)C(F)(F)C(F)(F)C5(F)F)cc2)c2ccccc21. The van der Waals surface area contributed by atoms with Gasteiger partial charge in [-0.25, -0.2) is 0 Å². The summed E-state index contributed by atoms with van der Waals surface area (Å²) in [6, 6.07) is 30.0. The topological polar surface area (TPSA) is 145 Å². The predicted molar refractivity (Wildman–Crippen MR) is 353 cm³/mol. The van der Waals surface area contributed by atoms with Crippen molar-refractivity contribution >= 4 is 56.3 Å². The molecule has 1 fully saturated rings. The molecule has 4 aromatic carbocycles. The zero-order valence-corrected chi connectivity index (χ0v) is 53.5. The fourth-order valence-electron chi connectivity index (χ4n) is 13.8. The Kier molecular flexibility index (Phi) is 16.7. The summed E-state index contributed by atoms with van der Waals surface area (Å²) in [7, 11) is 0. The van der Waals surface area contributed by atoms with Gasteiger partial charge in [0, 0.05) is 103 Å². The first-order valence-electron chi connectivity index (χ1n) is 30.8. The molecule has 4 aromatic rings. The Morgan fingerprint density at radius 1 is 0.484 bits per heavy atom. The summed E-state index contributed by atoms with van der Waals surface area (Å²) < 4.78 is 106. The van der Waals surface area contributed by atoms with Crippen molar-refractivity contribution in [1.82, 2.24) is 0 Å². The Morgan fingerprint density at radius 2 is 0.860 bits per heavy atom. The predicted octanol–water partition coefficient (Wildman–Crippen LogP) is 17.5. The van der Waals surface area contributed by atoms with Crippen LogP contribution in [0.5, 0.6) is 11.5 Å². The molecule has 0 amide bonds. The number of hydrogen-bond acceptors (Lipinski definition) is 12. The third kappa shape index (κ3) is 11.0. The Morgan fingerprint density at radius 3 is 1.24 bits per heavy atom. The van der Waals surface area contributed by atoms with E-state index in [1.165, 1.54) is 72.1 Å². The van der Waals surface area contributed by atoms with Crippen molar-refractivity contribution in [2.24, 2.45) is 0 Å². The van der Waals surface area contributed by atoms with Gasteiger partial charge in [0.05, 0.1) is 32.6 Å². The third-order valence-corrected chi connectivity index (χ3v) is 22.4. The highest BCUT2D eigenvalue weighted by Crippen LogP contribution is 2.75. The van der Waals surface area contributed by atoms with E-state index in [0.29, 0.717) is 71.6 Å². The number of nitrogens with zero attached hydrogens (tertiary/aromatic N) is 4. The molecule has 0 spiro atoms. The minimum Gasteiger partial charge on any atom is -0.494 e. The normalized spacial score (nSPS) is 24.9. The molecular formula is C73H66F6N4O8S2. The van der Waals surface area contributed by atoms with E-state index in [1.807, 2.05) is 36.4 Å². The van der Waals surface area contributed by atoms with E-state index in [9.17, 15) is 29.8 Å². The number of ether oxygens (including phenoxy) is 2. The van der Waals surface area contributed by atoms with Gasteiger partial charge in [-0.05, 0) is 171 Å². The number of carbonyl (C=O) groups is 2. The molecule has 0 aromatic heterocycles. The van der Waals surface area contributed by atoms with E-state index in [1.54, 1.807) is 74.5 Å². The van der Waals surface area contributed by atoms with Crippen LogP contribution in [-0.4, -0.2) is 75.0 Å². The van der Waals surface area contributed by atoms with Crippen LogP contribution in [0.3, 0.4) is 0 Å². The number of benzene rings is 4. The molecular weight excluding hydrogens is 1240 g/mol. The van der Waals surface area contributed by atoms with Crippen molar-refractivity contribution < 1.29 is 55.3 Å². The molecule has 1 saturated carbocycles. The van der Waals surface area contributed by atoms with Gasteiger partial charge < -0.3 is 19.3 Å². The molecule has 480 valence electrons. The number of halogens is 6. The molecule has 0 N–H and O–H groups in total. The highest BCUT2D eigenvalue weighted by molar-refractivity contribution is 8.14. The molecule has 4 aliphatic heterocycles. The lowest BCUT2D eigenvalue weighted by molar-refractivity contribution is -0.419. The van der Waals surface area contributed by atoms with E-state index in [-0.39, 0.29) is 45.3 Å². The van der Waals surface area contributed by atoms with Gasteiger partial charge in [-0.1, -0.05) is 88.4 Å². The van der Waals surface area contributed by atoms with Gasteiger partial charge in [-0.15, -0.1) is 23.5 Å². The van der Waals surface area contributed by atoms with Crippen LogP contribution in [-0.2, 0) is 20.4 Å². The van der Waals surface area contributed by atoms with E-state index < -0.39 is 59.1 Å². The van der Waals surface area contributed by atoms with E-state index in [4.69, 9.17) is 9.47 Å². The Hall–Kier alpha value is -8.62. The van der Waals surface area contributed by atoms with E-state index in [2.05, 4.69) is 61.8 Å². The smallest absolute Gasteiger partial charge is 0.380 e. The Bertz CT molecular complexity index is 3980. The van der Waals surface area contributed by atoms with Crippen molar-refractivity contribution in [3.8, 4) is 11.5 Å². The van der Waals surface area contributed by atoms with Crippen LogP contribution >= 0.6 is 23.5 Å². The first kappa shape index (κ1) is 64.5. The van der Waals surface area contributed by atoms with E-state index >= 15 is 26.3 Å². The maximum atomic E-state index is 16.3. The number of ketones is 2. The lowest BCUT2D eigenvalue weighted by Crippen LogP contribution is -2.48. The van der Waals surface area contributed by atoms with Gasteiger partial charge in [0.15, 0.2) is 11.6 Å². The van der Waals surface area contributed by atoms with Gasteiger partial charge in [-0.3, -0.25) is 29.8 Å². The van der Waals surface area contributed by atoms with Gasteiger partial charge in [0.1, 0.15) is 11.5 Å². The number of para-hydroxylation sites is 2. The van der Waals surface area contributed by atoms with Crippen LogP contribution in [0.1, 0.15) is 102 Å². The van der Waals surface area contributed by atoms with Gasteiger partial charge in [0.2, 0.25) is 0 Å². The second-order valence-electron chi connectivity index (χ2n) is 25.4. The highest BCUT2D eigenvalue weighted by atomic mass is 32.2. The monoisotopic (exact) mass is 1300 g/mol. The third-order valence-electron chi connectivity index (χ3n) is 19.0. The van der Waals surface area contributed by atoms with Crippen LogP contribution in [0.25, 0.3) is 9.81 Å². The van der Waals surface area contributed by atoms with Crippen molar-refractivity contribution in [3.63, 3.8) is 0 Å². The summed E-state index contributed by atoms with van der Waals surface area (Å²) in [4.78, 5) is 52.6. The maximum Gasteiger partial charge on any atom is 0.380 e. The number of rotatable bonds is 20. The van der Waals surface area contributed by atoms with Crippen LogP contribution in [0, 0.1) is 20.2 Å². The molecule has 0 unspecified atom stereocenters. The second kappa shape index (κ2) is 24.1. The Balaban J connectivity index is 0.679. The van der Waals surface area contributed by atoms with Gasteiger partial charge in [-0.2, -0.15) is 26.3 Å². The second-order valence-corrected chi connectivity index (χ2v) is 28.4. The molecule has 8 aliphatic rings. The number of carbonyl (C=O) groups excluding carboxylic acids is 2. The number of hydrogen-bond donors (Lipinski definition) is 0. The molecule has 0 radical (unpaired) electrons. The highest BCUT2D eigenvalue weighted by Gasteiger charge is 2.84. The lowest BCUT2D eigenvalue weighted by Gasteiger charge is -2.47. The average Bonchev–Trinajstić information content (AvgIpc) is 1.49. The van der Waals surface area contributed by atoms with Crippen LogP contribution < -0.4 is 19.3 Å². The number of anilines is 2. The summed E-state index contributed by atoms with van der Waals surface area (Å²) >= 11 is 2.37. The standard InChI is InChI=1S/C73H66F6N4O8S2/c1-67(2)53-17-9-11-19-57(53)80(63(67)35-25-47-41-49(82(86)87)27-33-59(47)84)37-13-7-15-39-90-51-29-21-45(22-30-51)61-43-55-65-66(72(76,77)73(78,79)71(65,74)75)56-44-62(93-70(56,6)69(55,5)92-61)46-23-31-52(32-24-46)91-40-16-8-14-38-81-58-20-12-10-18-54(58)68(3,4)64(81)36-26-48-42-50(83(88)89)28-34-60(48)85/h9-12,17-36,41-44H,7-8,13-16,37-40H2,1-6H3/b47-25-,48-26-,63-35-,64-36-/t69-,70-/m0/s1. The molecule has 4 aliphatic carbocycles. The molecule has 93 heavy (non-hydrogen) atoms. The maximum absolute atomic E-state index is 16.3. The van der Waals surface area contributed by atoms with Crippen LogP contribution in [0.15, 0.2) is 226 Å². The zero-order chi connectivity index (χ0) is 66.2. The van der Waals surface area contributed by atoms with Crippen molar-refractivity contribution in [2.75, 3.05) is 36.1 Å². The number of allylic oxidation sites excluding steroid dienone is 18. The van der Waals surface area contributed by atoms with Gasteiger partial charge >= 0.3 is 17.8 Å². The van der Waals surface area contributed by atoms with Crippen molar-refractivity contribution in [1.29, 1.82) is 0 Å². The number of nitro groups is 2. The number of thioether (sulfide) groups is 2. The summed E-state index contributed by atoms with van der Waals surface area (Å²) in [6.07, 6.45) is 21.6. The largest absolute Gasteiger partial charge is 0.494 e. The van der Waals surface area contributed by atoms with E-state index in [0.717, 1.165) is 59.6 Å². The molecule has 12 nitrogen and oxygen atoms in total. The average molecular weight is 1310 g/mol. The summed E-state index contributed by atoms with van der Waals surface area (Å²) in [6.45, 7) is 13.8. The minimum atomic E-state index is -5.70. The van der Waals surface area contributed by atoms with Crippen LogP contribution in [0.2, 0.25) is 0 Å².